The SMILES string of the molecule is C[P+]1(C)CCCCC1.[Br-]. The normalized spacial score (nSPS) is 24.7. The maximum absolute atomic E-state index is 2.49. The quantitative estimate of drug-likeness (QED) is 0.472. The summed E-state index contributed by atoms with van der Waals surface area (Å²) in [6, 6.07) is 0. The van der Waals surface area contributed by atoms with Gasteiger partial charge in [0.25, 0.3) is 0 Å². The molecule has 0 aliphatic carbocycles. The average molecular weight is 211 g/mol. The highest BCUT2D eigenvalue weighted by molar-refractivity contribution is 7.74. The van der Waals surface area contributed by atoms with E-state index >= 15 is 0 Å². The van der Waals surface area contributed by atoms with Crippen LogP contribution in [0, 0.1) is 0 Å². The molecule has 1 aliphatic rings. The lowest BCUT2D eigenvalue weighted by atomic mass is 10.3. The molecule has 0 bridgehead atoms. The molecular formula is C7H16BrP. The number of hydrogen-bond donors (Lipinski definition) is 0. The van der Waals surface area contributed by atoms with Crippen molar-refractivity contribution in [1.82, 2.24) is 0 Å². The van der Waals surface area contributed by atoms with Crippen molar-refractivity contribution in [3.63, 3.8) is 0 Å². The third kappa shape index (κ3) is 3.57. The Hall–Kier alpha value is 0.910. The maximum Gasteiger partial charge on any atom is 0.0589 e. The van der Waals surface area contributed by atoms with E-state index in [-0.39, 0.29) is 24.2 Å². The fourth-order valence-corrected chi connectivity index (χ4v) is 3.75. The molecule has 0 N–H and O–H groups in total. The van der Waals surface area contributed by atoms with Crippen molar-refractivity contribution in [2.45, 2.75) is 19.3 Å². The smallest absolute Gasteiger partial charge is 0.0589 e. The van der Waals surface area contributed by atoms with Gasteiger partial charge >= 0.3 is 0 Å². The second-order valence-electron chi connectivity index (χ2n) is 3.44. The monoisotopic (exact) mass is 210 g/mol. The number of hydrogen-bond acceptors (Lipinski definition) is 0. The predicted molar refractivity (Wildman–Crippen MR) is 42.4 cm³/mol. The molecule has 2 heteroatoms. The topological polar surface area (TPSA) is 0 Å². The van der Waals surface area contributed by atoms with E-state index in [0.717, 1.165) is 0 Å². The molecule has 0 spiro atoms. The van der Waals surface area contributed by atoms with Gasteiger partial charge < -0.3 is 17.0 Å². The molecule has 1 saturated heterocycles. The minimum Gasteiger partial charge on any atom is -1.00 e. The Morgan fingerprint density at radius 3 is 1.56 bits per heavy atom. The molecule has 0 nitrogen and oxygen atoms in total. The molecule has 0 amide bonds. The standard InChI is InChI=1S/C7H16P.BrH/c1-8(2)6-4-3-5-7-8;/h3-7H2,1-2H3;1H/q+1;/p-1. The van der Waals surface area contributed by atoms with Gasteiger partial charge in [0.1, 0.15) is 0 Å². The van der Waals surface area contributed by atoms with Crippen molar-refractivity contribution in [2.75, 3.05) is 25.7 Å². The molecular weight excluding hydrogens is 195 g/mol. The van der Waals surface area contributed by atoms with Gasteiger partial charge in [-0.3, -0.25) is 0 Å². The van der Waals surface area contributed by atoms with Gasteiger partial charge in [-0.25, -0.2) is 0 Å². The van der Waals surface area contributed by atoms with Crippen molar-refractivity contribution in [2.24, 2.45) is 0 Å². The predicted octanol–water partition coefficient (Wildman–Crippen LogP) is -0.548. The van der Waals surface area contributed by atoms with Crippen LogP contribution in [0.4, 0.5) is 0 Å². The van der Waals surface area contributed by atoms with Crippen molar-refractivity contribution >= 4 is 7.26 Å². The summed E-state index contributed by atoms with van der Waals surface area (Å²) in [5, 5.41) is 0. The van der Waals surface area contributed by atoms with Crippen molar-refractivity contribution in [3.05, 3.63) is 0 Å². The molecule has 9 heavy (non-hydrogen) atoms. The molecule has 56 valence electrons. The zero-order valence-corrected chi connectivity index (χ0v) is 8.84. The number of rotatable bonds is 0. The average Bonchev–Trinajstić information content (AvgIpc) is 1.65. The molecule has 0 radical (unpaired) electrons. The van der Waals surface area contributed by atoms with E-state index in [4.69, 9.17) is 0 Å². The second kappa shape index (κ2) is 3.93. The molecule has 1 aliphatic heterocycles. The first kappa shape index (κ1) is 9.91. The lowest BCUT2D eigenvalue weighted by Gasteiger charge is -2.21. The van der Waals surface area contributed by atoms with E-state index in [1.165, 1.54) is 19.3 Å². The summed E-state index contributed by atoms with van der Waals surface area (Å²) >= 11 is 0. The molecule has 1 heterocycles. The van der Waals surface area contributed by atoms with E-state index in [2.05, 4.69) is 13.3 Å². The van der Waals surface area contributed by atoms with Crippen LogP contribution < -0.4 is 17.0 Å². The maximum atomic E-state index is 2.49. The summed E-state index contributed by atoms with van der Waals surface area (Å²) in [5.41, 5.74) is 0. The van der Waals surface area contributed by atoms with Gasteiger partial charge in [-0.15, -0.1) is 0 Å². The summed E-state index contributed by atoms with van der Waals surface area (Å²) in [6.45, 7) is 4.98. The molecule has 1 rings (SSSR count). The summed E-state index contributed by atoms with van der Waals surface area (Å²) in [7, 11) is -0.337. The lowest BCUT2D eigenvalue weighted by Crippen LogP contribution is -3.00. The van der Waals surface area contributed by atoms with Crippen LogP contribution in [0.5, 0.6) is 0 Å². The summed E-state index contributed by atoms with van der Waals surface area (Å²) < 4.78 is 0. The molecule has 0 atom stereocenters. The Kier molecular flexibility index (Phi) is 4.33. The van der Waals surface area contributed by atoms with Gasteiger partial charge in [0.15, 0.2) is 0 Å². The van der Waals surface area contributed by atoms with E-state index < -0.39 is 0 Å². The molecule has 0 unspecified atom stereocenters. The van der Waals surface area contributed by atoms with Crippen LogP contribution in [-0.2, 0) is 0 Å². The lowest BCUT2D eigenvalue weighted by molar-refractivity contribution is -0.00000195. The van der Waals surface area contributed by atoms with E-state index in [1.54, 1.807) is 12.3 Å². The Morgan fingerprint density at radius 2 is 1.33 bits per heavy atom. The minimum absolute atomic E-state index is 0. The Morgan fingerprint density at radius 1 is 0.889 bits per heavy atom. The van der Waals surface area contributed by atoms with Gasteiger partial charge in [0.05, 0.1) is 12.3 Å². The first-order chi connectivity index (χ1) is 3.71. The highest BCUT2D eigenvalue weighted by Gasteiger charge is 2.26. The van der Waals surface area contributed by atoms with Crippen molar-refractivity contribution in [1.29, 1.82) is 0 Å². The van der Waals surface area contributed by atoms with Crippen LogP contribution in [0.2, 0.25) is 0 Å². The van der Waals surface area contributed by atoms with Crippen LogP contribution in [0.15, 0.2) is 0 Å². The summed E-state index contributed by atoms with van der Waals surface area (Å²) in [5.74, 6) is 0. The highest BCUT2D eigenvalue weighted by Crippen LogP contribution is 2.54. The minimum atomic E-state index is -0.337. The largest absolute Gasteiger partial charge is 1.00 e. The molecule has 0 aromatic carbocycles. The van der Waals surface area contributed by atoms with Gasteiger partial charge in [0.2, 0.25) is 0 Å². The summed E-state index contributed by atoms with van der Waals surface area (Å²) in [4.78, 5) is 0. The summed E-state index contributed by atoms with van der Waals surface area (Å²) in [6.07, 6.45) is 7.66. The van der Waals surface area contributed by atoms with Gasteiger partial charge in [-0.2, -0.15) is 0 Å². The fourth-order valence-electron chi connectivity index (χ4n) is 1.37. The van der Waals surface area contributed by atoms with Gasteiger partial charge in [-0.05, 0) is 19.3 Å². The van der Waals surface area contributed by atoms with Crippen LogP contribution in [0.25, 0.3) is 0 Å². The number of halogens is 1. The van der Waals surface area contributed by atoms with Crippen LogP contribution in [-0.4, -0.2) is 25.7 Å². The van der Waals surface area contributed by atoms with E-state index in [0.29, 0.717) is 0 Å². The van der Waals surface area contributed by atoms with Crippen molar-refractivity contribution < 1.29 is 17.0 Å². The molecule has 0 aromatic rings. The Balaban J connectivity index is 0.000000640. The van der Waals surface area contributed by atoms with Gasteiger partial charge in [-0.1, -0.05) is 0 Å². The third-order valence-corrected chi connectivity index (χ3v) is 5.08. The Bertz CT molecular complexity index is 73.0. The second-order valence-corrected chi connectivity index (χ2v) is 8.21. The fraction of sp³-hybridized carbons (Fsp3) is 1.00. The zero-order valence-electron chi connectivity index (χ0n) is 6.36. The van der Waals surface area contributed by atoms with Crippen LogP contribution in [0.1, 0.15) is 19.3 Å². The zero-order chi connectivity index (χ0) is 6.04. The van der Waals surface area contributed by atoms with Crippen LogP contribution in [0.3, 0.4) is 0 Å². The molecule has 0 saturated carbocycles. The first-order valence-electron chi connectivity index (χ1n) is 3.53. The van der Waals surface area contributed by atoms with E-state index in [1.807, 2.05) is 0 Å². The Labute approximate surface area is 69.5 Å². The first-order valence-corrected chi connectivity index (χ1v) is 6.58. The van der Waals surface area contributed by atoms with Gasteiger partial charge in [0, 0.05) is 20.6 Å². The third-order valence-electron chi connectivity index (χ3n) is 2.03. The highest BCUT2D eigenvalue weighted by atomic mass is 79.9. The van der Waals surface area contributed by atoms with Crippen LogP contribution >= 0.6 is 7.26 Å². The molecule has 0 aromatic heterocycles. The van der Waals surface area contributed by atoms with Crippen molar-refractivity contribution in [3.8, 4) is 0 Å². The van der Waals surface area contributed by atoms with E-state index in [9.17, 15) is 0 Å². The molecule has 1 fully saturated rings.